The number of nitrogens with one attached hydrogen (secondary N) is 1. The van der Waals surface area contributed by atoms with Crippen LogP contribution < -0.4 is 5.32 Å². The molecule has 19 heavy (non-hydrogen) atoms. The van der Waals surface area contributed by atoms with E-state index in [1.54, 1.807) is 19.1 Å². The third kappa shape index (κ3) is 2.93. The number of benzene rings is 1. The first-order chi connectivity index (χ1) is 9.13. The van der Waals surface area contributed by atoms with Gasteiger partial charge in [0.25, 0.3) is 0 Å². The fraction of sp³-hybridized carbons (Fsp3) is 0.429. The van der Waals surface area contributed by atoms with Crippen LogP contribution in [0.15, 0.2) is 24.3 Å². The second-order valence-corrected chi connectivity index (χ2v) is 4.55. The van der Waals surface area contributed by atoms with Gasteiger partial charge in [0, 0.05) is 26.6 Å². The van der Waals surface area contributed by atoms with Gasteiger partial charge in [-0.2, -0.15) is 0 Å². The lowest BCUT2D eigenvalue weighted by Crippen LogP contribution is -2.47. The molecule has 1 saturated heterocycles. The number of carbonyl (C=O) groups excluding carboxylic acids is 2. The van der Waals surface area contributed by atoms with E-state index in [0.717, 1.165) is 18.7 Å². The first-order valence-electron chi connectivity index (χ1n) is 6.29. The van der Waals surface area contributed by atoms with Crippen molar-refractivity contribution in [2.75, 3.05) is 26.7 Å². The highest BCUT2D eigenvalue weighted by atomic mass is 16.5. The highest BCUT2D eigenvalue weighted by molar-refractivity contribution is 5.89. The standard InChI is InChI=1S/C14H18N2O3/c1-10(17)16-8-7-15-9-13(16)11-3-5-12(6-4-11)14(18)19-2/h3-6,13,15H,7-9H2,1-2H3/t13-/m0/s1. The Bertz CT molecular complexity index is 470. The van der Waals surface area contributed by atoms with E-state index in [-0.39, 0.29) is 17.9 Å². The molecule has 1 heterocycles. The molecule has 0 aliphatic carbocycles. The van der Waals surface area contributed by atoms with Crippen molar-refractivity contribution in [2.24, 2.45) is 0 Å². The fourth-order valence-electron chi connectivity index (χ4n) is 2.34. The molecule has 5 heteroatoms. The number of rotatable bonds is 2. The zero-order valence-corrected chi connectivity index (χ0v) is 11.2. The third-order valence-corrected chi connectivity index (χ3v) is 3.36. The van der Waals surface area contributed by atoms with Crippen molar-refractivity contribution in [3.8, 4) is 0 Å². The summed E-state index contributed by atoms with van der Waals surface area (Å²) < 4.78 is 4.67. The first kappa shape index (κ1) is 13.5. The average Bonchev–Trinajstić information content (AvgIpc) is 2.46. The molecule has 1 amide bonds. The fourth-order valence-corrected chi connectivity index (χ4v) is 2.34. The minimum Gasteiger partial charge on any atom is -0.465 e. The summed E-state index contributed by atoms with van der Waals surface area (Å²) in [6, 6.07) is 7.24. The number of hydrogen-bond acceptors (Lipinski definition) is 4. The van der Waals surface area contributed by atoms with Crippen LogP contribution >= 0.6 is 0 Å². The maximum absolute atomic E-state index is 11.6. The Hall–Kier alpha value is -1.88. The van der Waals surface area contributed by atoms with Gasteiger partial charge in [0.2, 0.25) is 5.91 Å². The Morgan fingerprint density at radius 1 is 1.32 bits per heavy atom. The first-order valence-corrected chi connectivity index (χ1v) is 6.29. The number of nitrogens with zero attached hydrogens (tertiary/aromatic N) is 1. The van der Waals surface area contributed by atoms with Crippen LogP contribution in [0.25, 0.3) is 0 Å². The van der Waals surface area contributed by atoms with Crippen molar-refractivity contribution in [3.05, 3.63) is 35.4 Å². The lowest BCUT2D eigenvalue weighted by Gasteiger charge is -2.36. The molecule has 0 spiro atoms. The van der Waals surface area contributed by atoms with Crippen molar-refractivity contribution in [1.29, 1.82) is 0 Å². The summed E-state index contributed by atoms with van der Waals surface area (Å²) in [6.45, 7) is 3.84. The minimum absolute atomic E-state index is 0.0259. The number of methoxy groups -OCH3 is 1. The maximum atomic E-state index is 11.6. The summed E-state index contributed by atoms with van der Waals surface area (Å²) in [5.41, 5.74) is 1.54. The molecule has 2 rings (SSSR count). The molecule has 1 fully saturated rings. The predicted molar refractivity (Wildman–Crippen MR) is 70.8 cm³/mol. The van der Waals surface area contributed by atoms with Gasteiger partial charge in [0.15, 0.2) is 0 Å². The van der Waals surface area contributed by atoms with E-state index < -0.39 is 0 Å². The number of hydrogen-bond donors (Lipinski definition) is 1. The summed E-state index contributed by atoms with van der Waals surface area (Å²) in [7, 11) is 1.36. The van der Waals surface area contributed by atoms with E-state index in [1.165, 1.54) is 7.11 Å². The summed E-state index contributed by atoms with van der Waals surface area (Å²) in [4.78, 5) is 24.9. The van der Waals surface area contributed by atoms with Gasteiger partial charge < -0.3 is 15.0 Å². The molecular weight excluding hydrogens is 244 g/mol. The van der Waals surface area contributed by atoms with Gasteiger partial charge in [0.05, 0.1) is 18.7 Å². The molecule has 1 atom stereocenters. The lowest BCUT2D eigenvalue weighted by atomic mass is 10.0. The molecule has 102 valence electrons. The molecule has 1 N–H and O–H groups in total. The van der Waals surface area contributed by atoms with Crippen molar-refractivity contribution in [1.82, 2.24) is 10.2 Å². The minimum atomic E-state index is -0.350. The van der Waals surface area contributed by atoms with Gasteiger partial charge >= 0.3 is 5.97 Å². The van der Waals surface area contributed by atoms with Crippen LogP contribution in [0.3, 0.4) is 0 Å². The summed E-state index contributed by atoms with van der Waals surface area (Å²) in [6.07, 6.45) is 0. The zero-order valence-electron chi connectivity index (χ0n) is 11.2. The number of ether oxygens (including phenoxy) is 1. The molecule has 1 aromatic rings. The molecule has 1 aromatic carbocycles. The lowest BCUT2D eigenvalue weighted by molar-refractivity contribution is -0.132. The SMILES string of the molecule is COC(=O)c1ccc([C@@H]2CNCCN2C(C)=O)cc1. The van der Waals surface area contributed by atoms with Crippen LogP contribution in [0.4, 0.5) is 0 Å². The van der Waals surface area contributed by atoms with Crippen LogP contribution in [-0.4, -0.2) is 43.5 Å². The second kappa shape index (κ2) is 5.84. The number of esters is 1. The van der Waals surface area contributed by atoms with E-state index in [2.05, 4.69) is 10.1 Å². The number of piperazine rings is 1. The van der Waals surface area contributed by atoms with E-state index in [0.29, 0.717) is 12.1 Å². The number of amides is 1. The van der Waals surface area contributed by atoms with Crippen molar-refractivity contribution >= 4 is 11.9 Å². The van der Waals surface area contributed by atoms with Crippen molar-refractivity contribution in [3.63, 3.8) is 0 Å². The van der Waals surface area contributed by atoms with Gasteiger partial charge in [-0.3, -0.25) is 4.79 Å². The Kier molecular flexibility index (Phi) is 4.16. The highest BCUT2D eigenvalue weighted by Crippen LogP contribution is 2.22. The van der Waals surface area contributed by atoms with Gasteiger partial charge in [-0.15, -0.1) is 0 Å². The highest BCUT2D eigenvalue weighted by Gasteiger charge is 2.25. The summed E-state index contributed by atoms with van der Waals surface area (Å²) >= 11 is 0. The summed E-state index contributed by atoms with van der Waals surface area (Å²) in [5, 5.41) is 3.28. The molecule has 0 bridgehead atoms. The van der Waals surface area contributed by atoms with Gasteiger partial charge in [-0.1, -0.05) is 12.1 Å². The quantitative estimate of drug-likeness (QED) is 0.807. The largest absolute Gasteiger partial charge is 0.465 e. The maximum Gasteiger partial charge on any atom is 0.337 e. The summed E-state index contributed by atoms with van der Waals surface area (Å²) in [5.74, 6) is -0.278. The van der Waals surface area contributed by atoms with E-state index in [1.807, 2.05) is 17.0 Å². The van der Waals surface area contributed by atoms with Gasteiger partial charge in [-0.25, -0.2) is 4.79 Å². The molecule has 1 aliphatic heterocycles. The topological polar surface area (TPSA) is 58.6 Å². The van der Waals surface area contributed by atoms with E-state index in [4.69, 9.17) is 0 Å². The van der Waals surface area contributed by atoms with Crippen molar-refractivity contribution in [2.45, 2.75) is 13.0 Å². The molecule has 0 aromatic heterocycles. The van der Waals surface area contributed by atoms with Crippen LogP contribution in [0, 0.1) is 0 Å². The van der Waals surface area contributed by atoms with E-state index in [9.17, 15) is 9.59 Å². The van der Waals surface area contributed by atoms with E-state index >= 15 is 0 Å². The zero-order chi connectivity index (χ0) is 13.8. The van der Waals surface area contributed by atoms with Gasteiger partial charge in [-0.05, 0) is 17.7 Å². The average molecular weight is 262 g/mol. The monoisotopic (exact) mass is 262 g/mol. The van der Waals surface area contributed by atoms with Gasteiger partial charge in [0.1, 0.15) is 0 Å². The van der Waals surface area contributed by atoms with Crippen LogP contribution in [0.5, 0.6) is 0 Å². The Morgan fingerprint density at radius 2 is 2.00 bits per heavy atom. The Labute approximate surface area is 112 Å². The van der Waals surface area contributed by atoms with Crippen LogP contribution in [0.2, 0.25) is 0 Å². The van der Waals surface area contributed by atoms with Crippen molar-refractivity contribution < 1.29 is 14.3 Å². The second-order valence-electron chi connectivity index (χ2n) is 4.55. The third-order valence-electron chi connectivity index (χ3n) is 3.36. The smallest absolute Gasteiger partial charge is 0.337 e. The predicted octanol–water partition coefficient (Wildman–Crippen LogP) is 0.966. The molecule has 0 saturated carbocycles. The Balaban J connectivity index is 2.20. The molecule has 1 aliphatic rings. The molecular formula is C14H18N2O3. The normalized spacial score (nSPS) is 19.1. The molecule has 0 unspecified atom stereocenters. The van der Waals surface area contributed by atoms with Crippen LogP contribution in [0.1, 0.15) is 28.9 Å². The molecule has 0 radical (unpaired) electrons. The van der Waals surface area contributed by atoms with Crippen LogP contribution in [-0.2, 0) is 9.53 Å². The molecule has 5 nitrogen and oxygen atoms in total. The Morgan fingerprint density at radius 3 is 2.58 bits per heavy atom. The number of carbonyl (C=O) groups is 2.